The van der Waals surface area contributed by atoms with Crippen molar-refractivity contribution in [2.75, 3.05) is 0 Å². The lowest BCUT2D eigenvalue weighted by Gasteiger charge is -2.07. The number of benzene rings is 18. The van der Waals surface area contributed by atoms with Gasteiger partial charge in [0, 0.05) is 64.6 Å². The Hall–Kier alpha value is -15.2. The highest BCUT2D eigenvalue weighted by molar-refractivity contribution is 6.18. The highest BCUT2D eigenvalue weighted by Gasteiger charge is 2.20. The van der Waals surface area contributed by atoms with Crippen LogP contribution < -0.4 is 0 Å². The van der Waals surface area contributed by atoms with E-state index in [9.17, 15) is 0 Å². The molecule has 0 aliphatic carbocycles. The zero-order valence-corrected chi connectivity index (χ0v) is 67.6. The van der Waals surface area contributed by atoms with E-state index in [4.69, 9.17) is 26.5 Å². The van der Waals surface area contributed by atoms with Crippen LogP contribution in [0.4, 0.5) is 0 Å². The Balaban J connectivity index is 0.0000000952. The van der Waals surface area contributed by atoms with Gasteiger partial charge in [-0.05, 0) is 203 Å². The number of hydrogen-bond acceptors (Lipinski definition) is 6. The molecule has 0 aliphatic heterocycles. The van der Waals surface area contributed by atoms with Crippen LogP contribution in [0.15, 0.2) is 427 Å². The van der Waals surface area contributed by atoms with E-state index in [-0.39, 0.29) is 0 Å². The van der Waals surface area contributed by atoms with Gasteiger partial charge >= 0.3 is 0 Å². The van der Waals surface area contributed by atoms with Crippen LogP contribution in [-0.4, -0.2) is 0 Å². The van der Waals surface area contributed by atoms with Crippen LogP contribution in [0.3, 0.4) is 0 Å². The molecule has 24 aromatic rings. The van der Waals surface area contributed by atoms with E-state index >= 15 is 0 Å². The number of para-hydroxylation sites is 3. The fraction of sp³-hybridized carbons (Fsp3) is 0.0526. The fourth-order valence-corrected chi connectivity index (χ4v) is 17.0. The third-order valence-corrected chi connectivity index (χ3v) is 22.7. The van der Waals surface area contributed by atoms with Crippen LogP contribution in [-0.2, 0) is 0 Å². The molecule has 6 nitrogen and oxygen atoms in total. The molecule has 24 rings (SSSR count). The molecule has 0 amide bonds. The highest BCUT2D eigenvalue weighted by atomic mass is 16.3. The minimum Gasteiger partial charge on any atom is -0.456 e. The number of fused-ring (bicyclic) bond motifs is 18. The summed E-state index contributed by atoms with van der Waals surface area (Å²) < 4.78 is 36.0. The van der Waals surface area contributed by atoms with Crippen molar-refractivity contribution in [3.8, 4) is 66.8 Å². The van der Waals surface area contributed by atoms with Crippen molar-refractivity contribution in [1.82, 2.24) is 0 Å². The van der Waals surface area contributed by atoms with Crippen LogP contribution in [0.25, 0.3) is 198 Å². The molecular formula is C114H84O6. The molecule has 0 spiro atoms. The largest absolute Gasteiger partial charge is 0.456 e. The molecule has 0 radical (unpaired) electrons. The van der Waals surface area contributed by atoms with E-state index in [1.807, 2.05) is 97.1 Å². The van der Waals surface area contributed by atoms with Gasteiger partial charge in [-0.1, -0.05) is 339 Å². The number of furan rings is 6. The molecule has 0 unspecified atom stereocenters. The maximum Gasteiger partial charge on any atom is 0.138 e. The van der Waals surface area contributed by atoms with E-state index in [1.54, 1.807) is 0 Å². The maximum absolute atomic E-state index is 6.05. The fourth-order valence-electron chi connectivity index (χ4n) is 17.0. The van der Waals surface area contributed by atoms with Crippen molar-refractivity contribution < 1.29 is 26.5 Å². The average Bonchev–Trinajstić information content (AvgIpc) is 1.61. The highest BCUT2D eigenvalue weighted by Crippen LogP contribution is 2.45. The molecule has 0 bridgehead atoms. The topological polar surface area (TPSA) is 78.8 Å². The summed E-state index contributed by atoms with van der Waals surface area (Å²) in [5.41, 5.74) is 33.7. The monoisotopic (exact) mass is 1550 g/mol. The Morgan fingerprint density at radius 1 is 0.150 bits per heavy atom. The van der Waals surface area contributed by atoms with Crippen LogP contribution in [0, 0.1) is 41.5 Å². The van der Waals surface area contributed by atoms with E-state index in [2.05, 4.69) is 345 Å². The second-order valence-corrected chi connectivity index (χ2v) is 30.7. The van der Waals surface area contributed by atoms with Gasteiger partial charge < -0.3 is 26.5 Å². The van der Waals surface area contributed by atoms with Gasteiger partial charge in [0.1, 0.15) is 67.0 Å². The Bertz CT molecular complexity index is 7690. The van der Waals surface area contributed by atoms with Crippen LogP contribution in [0.5, 0.6) is 0 Å². The molecule has 0 aliphatic rings. The lowest BCUT2D eigenvalue weighted by atomic mass is 9.95. The van der Waals surface area contributed by atoms with Gasteiger partial charge in [-0.25, -0.2) is 0 Å². The summed E-state index contributed by atoms with van der Waals surface area (Å²) in [6.07, 6.45) is 0. The zero-order valence-electron chi connectivity index (χ0n) is 67.6. The lowest BCUT2D eigenvalue weighted by molar-refractivity contribution is 0.665. The normalized spacial score (nSPS) is 11.2. The second-order valence-electron chi connectivity index (χ2n) is 30.7. The van der Waals surface area contributed by atoms with Crippen molar-refractivity contribution >= 4 is 132 Å². The molecule has 0 saturated carbocycles. The quantitative estimate of drug-likeness (QED) is 0.165. The SMILES string of the molecule is Cc1ccc(-c2ccccc2)c2c1oc1ccccc12.Cc1ccc2c(c1)oc1cccc(-c3ccccc3)c12.Cc1ccc2oc3cccc(-c4ccccc4)c3c2c1.Cc1ccc2oc3ccccc3c2c1-c1ccccc1.Cc1cccc2c1oc1cccc(-c3ccccc3)c12.Cc1cccc2oc3cccc(-c4ccccc4)c3c12. The summed E-state index contributed by atoms with van der Waals surface area (Å²) in [5, 5.41) is 14.4. The van der Waals surface area contributed by atoms with Gasteiger partial charge in [0.25, 0.3) is 0 Å². The zero-order chi connectivity index (χ0) is 81.2. The molecule has 0 fully saturated rings. The van der Waals surface area contributed by atoms with Gasteiger partial charge in [-0.2, -0.15) is 0 Å². The number of rotatable bonds is 6. The van der Waals surface area contributed by atoms with E-state index < -0.39 is 0 Å². The average molecular weight is 1550 g/mol. The first kappa shape index (κ1) is 74.8. The lowest BCUT2D eigenvalue weighted by Crippen LogP contribution is -1.84. The molecule has 576 valence electrons. The van der Waals surface area contributed by atoms with Crippen molar-refractivity contribution in [1.29, 1.82) is 0 Å². The first-order chi connectivity index (χ1) is 59.0. The third-order valence-electron chi connectivity index (χ3n) is 22.7. The van der Waals surface area contributed by atoms with Crippen molar-refractivity contribution in [2.24, 2.45) is 0 Å². The summed E-state index contributed by atoms with van der Waals surface area (Å²) in [6.45, 7) is 12.7. The van der Waals surface area contributed by atoms with Gasteiger partial charge in [0.2, 0.25) is 0 Å². The van der Waals surface area contributed by atoms with Gasteiger partial charge in [-0.3, -0.25) is 0 Å². The first-order valence-electron chi connectivity index (χ1n) is 40.8. The summed E-state index contributed by atoms with van der Waals surface area (Å²) in [6, 6.07) is 138. The predicted octanol–water partition coefficient (Wildman–Crippen LogP) is 33.4. The number of aryl methyl sites for hydroxylation is 6. The van der Waals surface area contributed by atoms with Gasteiger partial charge in [0.15, 0.2) is 0 Å². The molecule has 18 aromatic carbocycles. The molecule has 0 saturated heterocycles. The molecule has 0 atom stereocenters. The second kappa shape index (κ2) is 32.8. The van der Waals surface area contributed by atoms with E-state index in [0.29, 0.717) is 0 Å². The smallest absolute Gasteiger partial charge is 0.138 e. The summed E-state index contributed by atoms with van der Waals surface area (Å²) in [4.78, 5) is 0. The van der Waals surface area contributed by atoms with E-state index in [0.717, 1.165) is 67.0 Å². The predicted molar refractivity (Wildman–Crippen MR) is 503 cm³/mol. The first-order valence-corrected chi connectivity index (χ1v) is 40.8. The van der Waals surface area contributed by atoms with Crippen molar-refractivity contribution in [2.45, 2.75) is 41.5 Å². The van der Waals surface area contributed by atoms with Gasteiger partial charge in [-0.15, -0.1) is 0 Å². The molecule has 0 N–H and O–H groups in total. The molecule has 6 heterocycles. The van der Waals surface area contributed by atoms with Gasteiger partial charge in [0.05, 0.1) is 0 Å². The third kappa shape index (κ3) is 14.5. The Morgan fingerprint density at radius 2 is 0.467 bits per heavy atom. The molecule has 120 heavy (non-hydrogen) atoms. The van der Waals surface area contributed by atoms with Crippen LogP contribution in [0.2, 0.25) is 0 Å². The maximum atomic E-state index is 6.05. The Kier molecular flexibility index (Phi) is 20.5. The van der Waals surface area contributed by atoms with Crippen molar-refractivity contribution in [3.05, 3.63) is 434 Å². The Labute approximate surface area is 695 Å². The minimum absolute atomic E-state index is 0.949. The molecular weight excluding hydrogens is 1470 g/mol. The Morgan fingerprint density at radius 3 is 1.02 bits per heavy atom. The molecule has 6 heteroatoms. The minimum atomic E-state index is 0.949. The van der Waals surface area contributed by atoms with E-state index in [1.165, 1.54) is 165 Å². The summed E-state index contributed by atoms with van der Waals surface area (Å²) >= 11 is 0. The van der Waals surface area contributed by atoms with Crippen LogP contribution in [0.1, 0.15) is 33.4 Å². The summed E-state index contributed by atoms with van der Waals surface area (Å²) in [5.74, 6) is 0. The van der Waals surface area contributed by atoms with Crippen LogP contribution >= 0.6 is 0 Å². The van der Waals surface area contributed by atoms with Crippen molar-refractivity contribution in [3.63, 3.8) is 0 Å². The number of hydrogen-bond donors (Lipinski definition) is 0. The standard InChI is InChI=1S/6C19H14O/c1-13-7-5-11-16-18-15(14-8-3-2-4-9-14)10-6-12-17(18)20-19(13)16;1-13-7-5-11-16-18(13)19-15(10-6-12-17(19)20-16)14-8-3-2-4-9-14;1-13-11-12-15(14-7-3-2-4-8-14)18-16-9-5-6-10-17(16)20-19(13)18;1-13-11-12-17-19(15-9-5-6-10-16(15)20-17)18(13)14-7-3-2-4-8-14;1-13-10-11-17-16(12-13)19-15(8-5-9-18(19)20-17)14-6-3-2-4-7-14;1-13-10-11-16-18(12-13)20-17-9-5-8-15(19(16)17)14-6-3-2-4-7-14/h6*2-12H,1H3. The molecule has 6 aromatic heterocycles. The summed E-state index contributed by atoms with van der Waals surface area (Å²) in [7, 11) is 0.